The predicted molar refractivity (Wildman–Crippen MR) is 154 cm³/mol. The van der Waals surface area contributed by atoms with Crippen molar-refractivity contribution in [1.29, 1.82) is 0 Å². The lowest BCUT2D eigenvalue weighted by atomic mass is 10.3. The quantitative estimate of drug-likeness (QED) is 0.123. The molecular formula is C26H24N8S2. The highest BCUT2D eigenvalue weighted by Crippen LogP contribution is 2.11. The van der Waals surface area contributed by atoms with E-state index in [1.165, 1.54) is 0 Å². The summed E-state index contributed by atoms with van der Waals surface area (Å²) in [6, 6.07) is 38.1. The monoisotopic (exact) mass is 512 g/mol. The molecule has 36 heavy (non-hydrogen) atoms. The summed E-state index contributed by atoms with van der Waals surface area (Å²) in [5.74, 6) is 0. The van der Waals surface area contributed by atoms with Crippen LogP contribution in [0.25, 0.3) is 0 Å². The molecule has 4 N–H and O–H groups in total. The number of thiocarbonyl (C=S) groups is 2. The van der Waals surface area contributed by atoms with Crippen molar-refractivity contribution in [2.75, 3.05) is 10.9 Å². The zero-order valence-corrected chi connectivity index (χ0v) is 20.8. The number of para-hydroxylation sites is 2. The topological polar surface area (TPSA) is 97.6 Å². The van der Waals surface area contributed by atoms with Crippen LogP contribution in [-0.2, 0) is 0 Å². The highest BCUT2D eigenvalue weighted by Gasteiger charge is 1.94. The van der Waals surface area contributed by atoms with E-state index in [0.717, 1.165) is 22.7 Å². The Kier molecular flexibility index (Phi) is 11.1. The van der Waals surface area contributed by atoms with Gasteiger partial charge in [0.05, 0.1) is 22.7 Å². The zero-order chi connectivity index (χ0) is 25.3. The molecule has 8 nitrogen and oxygen atoms in total. The molecule has 0 aliphatic heterocycles. The summed E-state index contributed by atoms with van der Waals surface area (Å²) in [6.45, 7) is 0. The molecule has 0 heterocycles. The van der Waals surface area contributed by atoms with Gasteiger partial charge in [-0.15, -0.1) is 20.5 Å². The lowest BCUT2D eigenvalue weighted by Crippen LogP contribution is -2.25. The lowest BCUT2D eigenvalue weighted by molar-refractivity contribution is 1.10. The van der Waals surface area contributed by atoms with Gasteiger partial charge in [0.15, 0.2) is 0 Å². The zero-order valence-electron chi connectivity index (χ0n) is 19.2. The van der Waals surface area contributed by atoms with Crippen molar-refractivity contribution in [3.05, 3.63) is 121 Å². The highest BCUT2D eigenvalue weighted by molar-refractivity contribution is 7.80. The van der Waals surface area contributed by atoms with Crippen LogP contribution in [0, 0.1) is 0 Å². The SMILES string of the molecule is S=C(/N=N/c1ccccc1)NNc1ccccc1.S=C(/N=N/c1ccccc1)NNc1ccccc1. The van der Waals surface area contributed by atoms with Gasteiger partial charge in [0.25, 0.3) is 0 Å². The van der Waals surface area contributed by atoms with Gasteiger partial charge in [-0.1, -0.05) is 72.8 Å². The summed E-state index contributed by atoms with van der Waals surface area (Å²) in [5.41, 5.74) is 14.8. The highest BCUT2D eigenvalue weighted by atomic mass is 32.1. The summed E-state index contributed by atoms with van der Waals surface area (Å²) >= 11 is 10.0. The van der Waals surface area contributed by atoms with Crippen LogP contribution in [-0.4, -0.2) is 10.2 Å². The number of benzene rings is 4. The van der Waals surface area contributed by atoms with Crippen LogP contribution >= 0.6 is 24.4 Å². The Hall–Kier alpha value is -4.54. The molecule has 0 fully saturated rings. The average molecular weight is 513 g/mol. The van der Waals surface area contributed by atoms with E-state index in [-0.39, 0.29) is 10.2 Å². The third-order valence-electron chi connectivity index (χ3n) is 4.20. The van der Waals surface area contributed by atoms with Gasteiger partial charge in [-0.3, -0.25) is 21.7 Å². The van der Waals surface area contributed by atoms with Gasteiger partial charge < -0.3 is 0 Å². The number of anilines is 2. The van der Waals surface area contributed by atoms with E-state index in [2.05, 4.69) is 42.2 Å². The lowest BCUT2D eigenvalue weighted by Gasteiger charge is -2.06. The summed E-state index contributed by atoms with van der Waals surface area (Å²) in [4.78, 5) is 0. The Labute approximate surface area is 220 Å². The van der Waals surface area contributed by atoms with E-state index in [9.17, 15) is 0 Å². The minimum absolute atomic E-state index is 0.280. The number of rotatable bonds is 6. The van der Waals surface area contributed by atoms with E-state index in [1.807, 2.05) is 121 Å². The minimum atomic E-state index is 0.280. The van der Waals surface area contributed by atoms with Crippen molar-refractivity contribution in [1.82, 2.24) is 10.9 Å². The number of nitrogens with zero attached hydrogens (tertiary/aromatic N) is 4. The first kappa shape index (κ1) is 26.1. The average Bonchev–Trinajstić information content (AvgIpc) is 2.95. The van der Waals surface area contributed by atoms with Crippen molar-refractivity contribution in [2.45, 2.75) is 0 Å². The summed E-state index contributed by atoms with van der Waals surface area (Å²) in [7, 11) is 0. The maximum absolute atomic E-state index is 5.02. The molecular weight excluding hydrogens is 488 g/mol. The minimum Gasteiger partial charge on any atom is -0.299 e. The molecule has 0 aliphatic rings. The first-order valence-corrected chi connectivity index (χ1v) is 11.7. The normalized spacial score (nSPS) is 10.2. The second kappa shape index (κ2) is 15.4. The number of azo groups is 2. The number of hydrogen-bond donors (Lipinski definition) is 4. The van der Waals surface area contributed by atoms with Crippen molar-refractivity contribution in [2.24, 2.45) is 20.5 Å². The Morgan fingerprint density at radius 1 is 0.444 bits per heavy atom. The third kappa shape index (κ3) is 10.6. The largest absolute Gasteiger partial charge is 0.299 e. The van der Waals surface area contributed by atoms with Crippen molar-refractivity contribution in [3.8, 4) is 0 Å². The van der Waals surface area contributed by atoms with Crippen LogP contribution in [0.2, 0.25) is 0 Å². The molecule has 0 aromatic heterocycles. The fourth-order valence-corrected chi connectivity index (χ4v) is 2.72. The second-order valence-corrected chi connectivity index (χ2v) is 7.69. The Balaban J connectivity index is 0.000000201. The molecule has 10 heteroatoms. The standard InChI is InChI=1S/2C13H12N4S/c2*18-13(16-14-11-7-3-1-4-8-11)17-15-12-9-5-2-6-10-12/h2*1-10,14H,(H,16,18)/b2*17-15+. The van der Waals surface area contributed by atoms with Crippen LogP contribution in [0.3, 0.4) is 0 Å². The summed E-state index contributed by atoms with van der Waals surface area (Å²) in [5, 5.41) is 16.3. The van der Waals surface area contributed by atoms with Crippen LogP contribution in [0.1, 0.15) is 0 Å². The van der Waals surface area contributed by atoms with E-state index < -0.39 is 0 Å². The van der Waals surface area contributed by atoms with Crippen LogP contribution < -0.4 is 21.7 Å². The molecule has 4 aromatic rings. The van der Waals surface area contributed by atoms with E-state index in [1.54, 1.807) is 0 Å². The first-order chi connectivity index (χ1) is 17.7. The number of nitrogens with one attached hydrogen (secondary N) is 4. The number of hydrazine groups is 2. The van der Waals surface area contributed by atoms with Gasteiger partial charge in [0, 0.05) is 0 Å². The van der Waals surface area contributed by atoms with E-state index >= 15 is 0 Å². The molecule has 180 valence electrons. The second-order valence-electron chi connectivity index (χ2n) is 6.91. The molecule has 0 aliphatic carbocycles. The van der Waals surface area contributed by atoms with E-state index in [0.29, 0.717) is 0 Å². The molecule has 4 rings (SSSR count). The summed E-state index contributed by atoms with van der Waals surface area (Å²) < 4.78 is 0. The third-order valence-corrected chi connectivity index (χ3v) is 4.57. The van der Waals surface area contributed by atoms with Crippen LogP contribution in [0.15, 0.2) is 142 Å². The van der Waals surface area contributed by atoms with Gasteiger partial charge in [0.1, 0.15) is 0 Å². The fourth-order valence-electron chi connectivity index (χ4n) is 2.54. The maximum atomic E-state index is 5.02. The van der Waals surface area contributed by atoms with Gasteiger partial charge in [-0.05, 0) is 73.0 Å². The smallest absolute Gasteiger partial charge is 0.232 e. The van der Waals surface area contributed by atoms with Gasteiger partial charge in [0.2, 0.25) is 10.2 Å². The van der Waals surface area contributed by atoms with Crippen LogP contribution in [0.4, 0.5) is 22.7 Å². The molecule has 0 bridgehead atoms. The number of hydrogen-bond acceptors (Lipinski definition) is 6. The molecule has 0 radical (unpaired) electrons. The Morgan fingerprint density at radius 3 is 1.08 bits per heavy atom. The molecule has 0 amide bonds. The Bertz CT molecular complexity index is 1150. The summed E-state index contributed by atoms with van der Waals surface area (Å²) in [6.07, 6.45) is 0. The van der Waals surface area contributed by atoms with Gasteiger partial charge in [-0.2, -0.15) is 0 Å². The van der Waals surface area contributed by atoms with Crippen molar-refractivity contribution in [3.63, 3.8) is 0 Å². The van der Waals surface area contributed by atoms with Crippen molar-refractivity contribution < 1.29 is 0 Å². The molecule has 0 atom stereocenters. The fraction of sp³-hybridized carbons (Fsp3) is 0. The predicted octanol–water partition coefficient (Wildman–Crippen LogP) is 7.34. The van der Waals surface area contributed by atoms with E-state index in [4.69, 9.17) is 24.4 Å². The van der Waals surface area contributed by atoms with Crippen LogP contribution in [0.5, 0.6) is 0 Å². The molecule has 4 aromatic carbocycles. The first-order valence-electron chi connectivity index (χ1n) is 10.8. The molecule has 0 spiro atoms. The maximum Gasteiger partial charge on any atom is 0.232 e. The molecule has 0 saturated heterocycles. The Morgan fingerprint density at radius 2 is 0.750 bits per heavy atom. The van der Waals surface area contributed by atoms with Gasteiger partial charge >= 0.3 is 0 Å². The van der Waals surface area contributed by atoms with Gasteiger partial charge in [-0.25, -0.2) is 0 Å². The molecule has 0 unspecified atom stereocenters. The molecule has 0 saturated carbocycles. The van der Waals surface area contributed by atoms with Crippen molar-refractivity contribution >= 4 is 57.4 Å².